The van der Waals surface area contributed by atoms with Gasteiger partial charge in [-0.2, -0.15) is 0 Å². The summed E-state index contributed by atoms with van der Waals surface area (Å²) in [5.41, 5.74) is 1.25. The molecule has 0 bridgehead atoms. The van der Waals surface area contributed by atoms with Gasteiger partial charge in [0.2, 0.25) is 0 Å². The predicted octanol–water partition coefficient (Wildman–Crippen LogP) is 2.82. The molecule has 1 N–H and O–H groups in total. The van der Waals surface area contributed by atoms with E-state index in [0.29, 0.717) is 0 Å². The van der Waals surface area contributed by atoms with Crippen LogP contribution in [0.2, 0.25) is 0 Å². The first-order valence-corrected chi connectivity index (χ1v) is 7.33. The number of carboxylic acids is 1. The molecule has 1 aliphatic heterocycles. The van der Waals surface area contributed by atoms with Crippen LogP contribution in [0.3, 0.4) is 0 Å². The molecule has 4 nitrogen and oxygen atoms in total. The Bertz CT molecular complexity index is 533. The minimum absolute atomic E-state index is 0.680. The summed E-state index contributed by atoms with van der Waals surface area (Å²) >= 11 is 0. The van der Waals surface area contributed by atoms with Gasteiger partial charge in [0.25, 0.3) is 0 Å². The van der Waals surface area contributed by atoms with Gasteiger partial charge in [-0.3, -0.25) is 9.79 Å². The van der Waals surface area contributed by atoms with Gasteiger partial charge in [0.15, 0.2) is 0 Å². The van der Waals surface area contributed by atoms with Gasteiger partial charge in [-0.15, -0.1) is 0 Å². The second-order valence-electron chi connectivity index (χ2n) is 5.68. The largest absolute Gasteiger partial charge is 0.481 e. The molecule has 4 heteroatoms. The standard InChI is InChI=1S/C16H20N2O2/c19-15(20)16(8-4-1-5-9-16)13-6-2-3-7-14(13)18-11-10-17-12-18/h2-3,6-7,12H,1,4-5,8-11H2,(H,19,20). The molecule has 0 saturated heterocycles. The van der Waals surface area contributed by atoms with E-state index in [1.165, 1.54) is 0 Å². The van der Waals surface area contributed by atoms with Crippen LogP contribution in [0, 0.1) is 0 Å². The lowest BCUT2D eigenvalue weighted by Gasteiger charge is -2.36. The quantitative estimate of drug-likeness (QED) is 0.920. The predicted molar refractivity (Wildman–Crippen MR) is 79.5 cm³/mol. The van der Waals surface area contributed by atoms with Crippen molar-refractivity contribution in [3.8, 4) is 0 Å². The number of hydrogen-bond acceptors (Lipinski definition) is 3. The fourth-order valence-electron chi connectivity index (χ4n) is 3.44. The fraction of sp³-hybridized carbons (Fsp3) is 0.500. The third-order valence-electron chi connectivity index (χ3n) is 4.54. The van der Waals surface area contributed by atoms with Crippen LogP contribution < -0.4 is 4.90 Å². The molecular weight excluding hydrogens is 252 g/mol. The Morgan fingerprint density at radius 2 is 1.95 bits per heavy atom. The maximum atomic E-state index is 12.0. The monoisotopic (exact) mass is 272 g/mol. The van der Waals surface area contributed by atoms with Gasteiger partial charge in [0, 0.05) is 12.2 Å². The van der Waals surface area contributed by atoms with Crippen LogP contribution in [0.1, 0.15) is 37.7 Å². The van der Waals surface area contributed by atoms with E-state index in [-0.39, 0.29) is 0 Å². The average Bonchev–Trinajstić information content (AvgIpc) is 3.02. The highest BCUT2D eigenvalue weighted by atomic mass is 16.4. The first kappa shape index (κ1) is 13.2. The van der Waals surface area contributed by atoms with Gasteiger partial charge in [0.05, 0.1) is 18.3 Å². The molecule has 1 fully saturated rings. The molecule has 1 aliphatic carbocycles. The third-order valence-corrected chi connectivity index (χ3v) is 4.54. The molecule has 0 amide bonds. The zero-order valence-electron chi connectivity index (χ0n) is 11.6. The molecule has 0 aromatic heterocycles. The van der Waals surface area contributed by atoms with Crippen molar-refractivity contribution in [1.29, 1.82) is 0 Å². The Balaban J connectivity index is 2.07. The Morgan fingerprint density at radius 1 is 1.20 bits per heavy atom. The van der Waals surface area contributed by atoms with Crippen LogP contribution >= 0.6 is 0 Å². The fourth-order valence-corrected chi connectivity index (χ4v) is 3.44. The Hall–Kier alpha value is -1.84. The first-order valence-electron chi connectivity index (χ1n) is 7.33. The van der Waals surface area contributed by atoms with Gasteiger partial charge >= 0.3 is 5.97 Å². The topological polar surface area (TPSA) is 52.9 Å². The van der Waals surface area contributed by atoms with Gasteiger partial charge in [0.1, 0.15) is 0 Å². The number of benzene rings is 1. The van der Waals surface area contributed by atoms with Crippen molar-refractivity contribution in [3.05, 3.63) is 29.8 Å². The third kappa shape index (κ3) is 2.09. The smallest absolute Gasteiger partial charge is 0.314 e. The summed E-state index contributed by atoms with van der Waals surface area (Å²) in [5, 5.41) is 9.86. The van der Waals surface area contributed by atoms with Crippen LogP contribution in [-0.4, -0.2) is 30.5 Å². The number of para-hydroxylation sites is 1. The van der Waals surface area contributed by atoms with Crippen LogP contribution in [0.4, 0.5) is 5.69 Å². The molecule has 0 radical (unpaired) electrons. The SMILES string of the molecule is O=C(O)C1(c2ccccc2N2C=NCC2)CCCCC1. The number of carbonyl (C=O) groups is 1. The van der Waals surface area contributed by atoms with Crippen LogP contribution in [-0.2, 0) is 10.2 Å². The normalized spacial score (nSPS) is 21.1. The first-order chi connectivity index (χ1) is 9.74. The minimum Gasteiger partial charge on any atom is -0.481 e. The average molecular weight is 272 g/mol. The van der Waals surface area contributed by atoms with E-state index in [4.69, 9.17) is 0 Å². The van der Waals surface area contributed by atoms with E-state index in [1.54, 1.807) is 0 Å². The lowest BCUT2D eigenvalue weighted by Crippen LogP contribution is -2.39. The molecule has 0 spiro atoms. The van der Waals surface area contributed by atoms with Crippen molar-refractivity contribution >= 4 is 18.0 Å². The zero-order chi connectivity index (χ0) is 14.0. The number of carboxylic acid groups (broad SMARTS) is 1. The molecule has 1 aromatic carbocycles. The second-order valence-corrected chi connectivity index (χ2v) is 5.68. The van der Waals surface area contributed by atoms with Gasteiger partial charge in [-0.25, -0.2) is 0 Å². The Labute approximate surface area is 119 Å². The van der Waals surface area contributed by atoms with E-state index in [1.807, 2.05) is 30.6 Å². The molecule has 20 heavy (non-hydrogen) atoms. The maximum Gasteiger partial charge on any atom is 0.314 e. The summed E-state index contributed by atoms with van der Waals surface area (Å²) in [6, 6.07) is 7.93. The molecule has 0 unspecified atom stereocenters. The molecule has 1 saturated carbocycles. The van der Waals surface area contributed by atoms with Crippen LogP contribution in [0.25, 0.3) is 0 Å². The highest BCUT2D eigenvalue weighted by Crippen LogP contribution is 2.43. The summed E-state index contributed by atoms with van der Waals surface area (Å²) in [6.07, 6.45) is 6.44. The minimum atomic E-state index is -0.717. The highest BCUT2D eigenvalue weighted by molar-refractivity contribution is 5.89. The van der Waals surface area contributed by atoms with Gasteiger partial charge < -0.3 is 10.0 Å². The van der Waals surface area contributed by atoms with Crippen molar-refractivity contribution < 1.29 is 9.90 Å². The van der Waals surface area contributed by atoms with Crippen molar-refractivity contribution in [2.75, 3.05) is 18.0 Å². The molecule has 1 aromatic rings. The lowest BCUT2D eigenvalue weighted by atomic mass is 9.69. The van der Waals surface area contributed by atoms with E-state index >= 15 is 0 Å². The maximum absolute atomic E-state index is 12.0. The van der Waals surface area contributed by atoms with Crippen LogP contribution in [0.15, 0.2) is 29.3 Å². The second kappa shape index (κ2) is 5.27. The van der Waals surface area contributed by atoms with Crippen LogP contribution in [0.5, 0.6) is 0 Å². The molecule has 0 atom stereocenters. The summed E-state index contributed by atoms with van der Waals surface area (Å²) in [4.78, 5) is 18.3. The summed E-state index contributed by atoms with van der Waals surface area (Å²) in [7, 11) is 0. The number of aliphatic imine (C=N–C) groups is 1. The van der Waals surface area contributed by atoms with Crippen molar-refractivity contribution in [2.24, 2.45) is 4.99 Å². The number of anilines is 1. The number of nitrogens with zero attached hydrogens (tertiary/aromatic N) is 2. The van der Waals surface area contributed by atoms with E-state index in [2.05, 4.69) is 9.89 Å². The Morgan fingerprint density at radius 3 is 2.60 bits per heavy atom. The van der Waals surface area contributed by atoms with Crippen molar-refractivity contribution in [2.45, 2.75) is 37.5 Å². The van der Waals surface area contributed by atoms with Gasteiger partial charge in [-0.05, 0) is 24.5 Å². The number of aliphatic carboxylic acids is 1. The Kier molecular flexibility index (Phi) is 3.47. The summed E-state index contributed by atoms with van der Waals surface area (Å²) < 4.78 is 0. The van der Waals surface area contributed by atoms with Gasteiger partial charge in [-0.1, -0.05) is 37.5 Å². The summed E-state index contributed by atoms with van der Waals surface area (Å²) in [6.45, 7) is 1.63. The van der Waals surface area contributed by atoms with Crippen molar-refractivity contribution in [3.63, 3.8) is 0 Å². The van der Waals surface area contributed by atoms with Crippen molar-refractivity contribution in [1.82, 2.24) is 0 Å². The molecular formula is C16H20N2O2. The number of hydrogen-bond donors (Lipinski definition) is 1. The molecule has 1 heterocycles. The highest BCUT2D eigenvalue weighted by Gasteiger charge is 2.43. The van der Waals surface area contributed by atoms with E-state index in [0.717, 1.165) is 56.4 Å². The van der Waals surface area contributed by atoms with E-state index in [9.17, 15) is 9.90 Å². The zero-order valence-corrected chi connectivity index (χ0v) is 11.6. The molecule has 3 rings (SSSR count). The van der Waals surface area contributed by atoms with E-state index < -0.39 is 11.4 Å². The summed E-state index contributed by atoms with van der Waals surface area (Å²) in [5.74, 6) is -0.680. The molecule has 106 valence electrons. The number of rotatable bonds is 3. The molecule has 2 aliphatic rings. The lowest BCUT2D eigenvalue weighted by molar-refractivity contribution is -0.145.